The second-order valence-corrected chi connectivity index (χ2v) is 4.03. The maximum absolute atomic E-state index is 11.1. The van der Waals surface area contributed by atoms with E-state index in [1.54, 1.807) is 0 Å². The number of hydrogen-bond acceptors (Lipinski definition) is 4. The molecule has 0 heterocycles. The number of carbonyl (C=O) groups is 3. The summed E-state index contributed by atoms with van der Waals surface area (Å²) in [5.41, 5.74) is 0. The quantitative estimate of drug-likeness (QED) is 0.242. The lowest BCUT2D eigenvalue weighted by atomic mass is 10.1. The van der Waals surface area contributed by atoms with Crippen LogP contribution in [-0.2, 0) is 19.1 Å². The molecule has 0 saturated heterocycles. The van der Waals surface area contributed by atoms with Crippen molar-refractivity contribution in [2.45, 2.75) is 58.3 Å². The smallest absolute Gasteiger partial charge is 0.374 e. The minimum absolute atomic E-state index is 0.0428. The lowest BCUT2D eigenvalue weighted by Gasteiger charge is -2.03. The number of rotatable bonds is 11. The monoisotopic (exact) mass is 242 g/mol. The molecule has 0 aromatic rings. The highest BCUT2D eigenvalue weighted by Crippen LogP contribution is 2.05. The molecule has 4 nitrogen and oxygen atoms in total. The molecule has 0 fully saturated rings. The van der Waals surface area contributed by atoms with E-state index in [-0.39, 0.29) is 12.8 Å². The highest BCUT2D eigenvalue weighted by molar-refractivity contribution is 6.33. The van der Waals surface area contributed by atoms with E-state index in [0.717, 1.165) is 19.3 Å². The van der Waals surface area contributed by atoms with Crippen LogP contribution in [-0.4, -0.2) is 24.6 Å². The highest BCUT2D eigenvalue weighted by atomic mass is 16.5. The normalized spacial score (nSPS) is 9.94. The molecule has 0 amide bonds. The number of ether oxygens (including phenoxy) is 1. The molecule has 0 saturated carbocycles. The second kappa shape index (κ2) is 11.3. The van der Waals surface area contributed by atoms with Crippen LogP contribution in [0.25, 0.3) is 0 Å². The lowest BCUT2D eigenvalue weighted by molar-refractivity contribution is -0.154. The van der Waals surface area contributed by atoms with Crippen molar-refractivity contribution in [3.63, 3.8) is 0 Å². The SMILES string of the molecule is CCCCCCCCOC(=O)C(=O)CCC=O. The number of unbranched alkanes of at least 4 members (excludes halogenated alkanes) is 5. The third kappa shape index (κ3) is 9.72. The van der Waals surface area contributed by atoms with Gasteiger partial charge in [0.1, 0.15) is 6.29 Å². The largest absolute Gasteiger partial charge is 0.460 e. The molecule has 0 aromatic carbocycles. The minimum atomic E-state index is -0.805. The molecule has 0 atom stereocenters. The van der Waals surface area contributed by atoms with Gasteiger partial charge in [0.15, 0.2) is 0 Å². The Bertz CT molecular complexity index is 236. The van der Waals surface area contributed by atoms with Gasteiger partial charge < -0.3 is 9.53 Å². The molecule has 0 N–H and O–H groups in total. The van der Waals surface area contributed by atoms with Crippen LogP contribution in [0.2, 0.25) is 0 Å². The Hall–Kier alpha value is -1.19. The number of esters is 1. The number of hydrogen-bond donors (Lipinski definition) is 0. The van der Waals surface area contributed by atoms with Gasteiger partial charge in [0.25, 0.3) is 0 Å². The van der Waals surface area contributed by atoms with Gasteiger partial charge in [-0.15, -0.1) is 0 Å². The first-order valence-electron chi connectivity index (χ1n) is 6.36. The number of ketones is 1. The summed E-state index contributed by atoms with van der Waals surface area (Å²) in [6, 6.07) is 0. The summed E-state index contributed by atoms with van der Waals surface area (Å²) in [7, 11) is 0. The zero-order chi connectivity index (χ0) is 12.9. The van der Waals surface area contributed by atoms with E-state index in [1.807, 2.05) is 0 Å². The summed E-state index contributed by atoms with van der Waals surface area (Å²) in [4.78, 5) is 32.2. The molecule has 0 rings (SSSR count). The van der Waals surface area contributed by atoms with Gasteiger partial charge in [0.05, 0.1) is 6.61 Å². The number of Topliss-reactive ketones (excluding diaryl/α,β-unsaturated/α-hetero) is 1. The number of carbonyl (C=O) groups excluding carboxylic acids is 3. The van der Waals surface area contributed by atoms with Crippen LogP contribution >= 0.6 is 0 Å². The van der Waals surface area contributed by atoms with Crippen LogP contribution in [0.4, 0.5) is 0 Å². The summed E-state index contributed by atoms with van der Waals surface area (Å²) in [5.74, 6) is -1.41. The third-order valence-corrected chi connectivity index (χ3v) is 2.45. The van der Waals surface area contributed by atoms with E-state index >= 15 is 0 Å². The number of aldehydes is 1. The van der Waals surface area contributed by atoms with Crippen LogP contribution in [0, 0.1) is 0 Å². The van der Waals surface area contributed by atoms with Gasteiger partial charge in [-0.25, -0.2) is 4.79 Å². The average Bonchev–Trinajstić information content (AvgIpc) is 2.34. The van der Waals surface area contributed by atoms with Gasteiger partial charge in [-0.2, -0.15) is 0 Å². The highest BCUT2D eigenvalue weighted by Gasteiger charge is 2.13. The van der Waals surface area contributed by atoms with Crippen molar-refractivity contribution in [1.29, 1.82) is 0 Å². The van der Waals surface area contributed by atoms with E-state index in [4.69, 9.17) is 4.74 Å². The first kappa shape index (κ1) is 15.8. The fourth-order valence-electron chi connectivity index (χ4n) is 1.42. The van der Waals surface area contributed by atoms with Crippen LogP contribution in [0.1, 0.15) is 58.3 Å². The van der Waals surface area contributed by atoms with Gasteiger partial charge in [0, 0.05) is 12.8 Å². The van der Waals surface area contributed by atoms with Crippen LogP contribution in [0.3, 0.4) is 0 Å². The average molecular weight is 242 g/mol. The predicted octanol–water partition coefficient (Wildman–Crippen LogP) is 2.44. The third-order valence-electron chi connectivity index (χ3n) is 2.45. The molecule has 98 valence electrons. The summed E-state index contributed by atoms with van der Waals surface area (Å²) in [5, 5.41) is 0. The Morgan fingerprint density at radius 3 is 2.35 bits per heavy atom. The zero-order valence-electron chi connectivity index (χ0n) is 10.6. The molecule has 4 heteroatoms. The lowest BCUT2D eigenvalue weighted by Crippen LogP contribution is -2.17. The summed E-state index contributed by atoms with van der Waals surface area (Å²) in [6.45, 7) is 2.46. The molecule has 0 aliphatic rings. The van der Waals surface area contributed by atoms with Crippen molar-refractivity contribution >= 4 is 18.0 Å². The van der Waals surface area contributed by atoms with Gasteiger partial charge in [-0.1, -0.05) is 39.0 Å². The van der Waals surface area contributed by atoms with Crippen LogP contribution < -0.4 is 0 Å². The van der Waals surface area contributed by atoms with Crippen molar-refractivity contribution in [2.24, 2.45) is 0 Å². The Balaban J connectivity index is 3.38. The topological polar surface area (TPSA) is 60.4 Å². The standard InChI is InChI=1S/C13H22O4/c1-2-3-4-5-6-7-11-17-13(16)12(15)9-8-10-14/h10H,2-9,11H2,1H3. The minimum Gasteiger partial charge on any atom is -0.460 e. The van der Waals surface area contributed by atoms with E-state index < -0.39 is 11.8 Å². The molecule has 0 spiro atoms. The van der Waals surface area contributed by atoms with Crippen LogP contribution in [0.5, 0.6) is 0 Å². The van der Waals surface area contributed by atoms with E-state index in [2.05, 4.69) is 6.92 Å². The molecule has 0 bridgehead atoms. The Morgan fingerprint density at radius 2 is 1.71 bits per heavy atom. The molecular weight excluding hydrogens is 220 g/mol. The first-order chi connectivity index (χ1) is 8.22. The van der Waals surface area contributed by atoms with Gasteiger partial charge in [0.2, 0.25) is 5.78 Å². The van der Waals surface area contributed by atoms with Crippen LogP contribution in [0.15, 0.2) is 0 Å². The van der Waals surface area contributed by atoms with E-state index in [0.29, 0.717) is 12.9 Å². The fraction of sp³-hybridized carbons (Fsp3) is 0.769. The molecule has 0 aliphatic heterocycles. The summed E-state index contributed by atoms with van der Waals surface area (Å²) < 4.78 is 4.80. The molecule has 0 aromatic heterocycles. The molecular formula is C13H22O4. The van der Waals surface area contributed by atoms with Gasteiger partial charge in [-0.05, 0) is 6.42 Å². The van der Waals surface area contributed by atoms with E-state index in [9.17, 15) is 14.4 Å². The molecule has 0 unspecified atom stereocenters. The Kier molecular flexibility index (Phi) is 10.5. The van der Waals surface area contributed by atoms with Crippen molar-refractivity contribution in [2.75, 3.05) is 6.61 Å². The molecule has 0 radical (unpaired) electrons. The fourth-order valence-corrected chi connectivity index (χ4v) is 1.42. The molecule has 17 heavy (non-hydrogen) atoms. The molecule has 0 aliphatic carbocycles. The maximum atomic E-state index is 11.1. The van der Waals surface area contributed by atoms with E-state index in [1.165, 1.54) is 19.3 Å². The first-order valence-corrected chi connectivity index (χ1v) is 6.36. The Labute approximate surface area is 103 Å². The van der Waals surface area contributed by atoms with Crippen molar-refractivity contribution in [3.05, 3.63) is 0 Å². The summed E-state index contributed by atoms with van der Waals surface area (Å²) >= 11 is 0. The maximum Gasteiger partial charge on any atom is 0.374 e. The van der Waals surface area contributed by atoms with Crippen molar-refractivity contribution in [3.8, 4) is 0 Å². The predicted molar refractivity (Wildman–Crippen MR) is 64.6 cm³/mol. The summed E-state index contributed by atoms with van der Waals surface area (Å²) in [6.07, 6.45) is 7.30. The van der Waals surface area contributed by atoms with Crippen molar-refractivity contribution < 1.29 is 19.1 Å². The van der Waals surface area contributed by atoms with Gasteiger partial charge >= 0.3 is 5.97 Å². The zero-order valence-corrected chi connectivity index (χ0v) is 10.6. The second-order valence-electron chi connectivity index (χ2n) is 4.03. The van der Waals surface area contributed by atoms with Crippen molar-refractivity contribution in [1.82, 2.24) is 0 Å². The Morgan fingerprint density at radius 1 is 1.06 bits per heavy atom. The van der Waals surface area contributed by atoms with Gasteiger partial charge in [-0.3, -0.25) is 4.79 Å².